The molecule has 1 heterocycles. The van der Waals surface area contributed by atoms with Gasteiger partial charge in [-0.2, -0.15) is 0 Å². The van der Waals surface area contributed by atoms with Gasteiger partial charge < -0.3 is 10.6 Å². The molecule has 0 unspecified atom stereocenters. The molecule has 12 heavy (non-hydrogen) atoms. The second kappa shape index (κ2) is 3.67. The molecule has 1 aliphatic rings. The predicted molar refractivity (Wildman–Crippen MR) is 46.6 cm³/mol. The van der Waals surface area contributed by atoms with Gasteiger partial charge in [0.2, 0.25) is 5.91 Å². The number of nitrogens with zero attached hydrogens (tertiary/aromatic N) is 1. The SMILES string of the molecule is CC(=O)[C@H]1CCCN1C(=O)CN.[HH]. The Morgan fingerprint density at radius 2 is 2.33 bits per heavy atom. The van der Waals surface area contributed by atoms with E-state index >= 15 is 0 Å². The lowest BCUT2D eigenvalue weighted by molar-refractivity contribution is -0.135. The number of likely N-dealkylation sites (tertiary alicyclic amines) is 1. The van der Waals surface area contributed by atoms with Gasteiger partial charge in [0, 0.05) is 7.97 Å². The first-order chi connectivity index (χ1) is 5.66. The molecular formula is C8H16N2O2. The van der Waals surface area contributed by atoms with Crippen molar-refractivity contribution in [3.8, 4) is 0 Å². The lowest BCUT2D eigenvalue weighted by Gasteiger charge is -2.21. The molecule has 4 heteroatoms. The molecule has 4 nitrogen and oxygen atoms in total. The van der Waals surface area contributed by atoms with E-state index in [9.17, 15) is 9.59 Å². The highest BCUT2D eigenvalue weighted by molar-refractivity contribution is 5.88. The first-order valence-electron chi connectivity index (χ1n) is 4.17. The van der Waals surface area contributed by atoms with E-state index in [4.69, 9.17) is 5.73 Å². The summed E-state index contributed by atoms with van der Waals surface area (Å²) in [5.74, 6) is -0.0537. The highest BCUT2D eigenvalue weighted by Crippen LogP contribution is 2.17. The molecule has 0 bridgehead atoms. The van der Waals surface area contributed by atoms with Crippen molar-refractivity contribution in [1.82, 2.24) is 4.90 Å². The summed E-state index contributed by atoms with van der Waals surface area (Å²) in [5.41, 5.74) is 5.21. The van der Waals surface area contributed by atoms with Gasteiger partial charge in [-0.3, -0.25) is 9.59 Å². The van der Waals surface area contributed by atoms with Crippen LogP contribution in [0.15, 0.2) is 0 Å². The molecular weight excluding hydrogens is 156 g/mol. The van der Waals surface area contributed by atoms with E-state index in [1.807, 2.05) is 0 Å². The number of hydrogen-bond acceptors (Lipinski definition) is 3. The number of carbonyl (C=O) groups excluding carboxylic acids is 2. The summed E-state index contributed by atoms with van der Waals surface area (Å²) in [6, 6.07) is -0.207. The summed E-state index contributed by atoms with van der Waals surface area (Å²) in [7, 11) is 0. The number of ketones is 1. The summed E-state index contributed by atoms with van der Waals surface area (Å²) in [6.07, 6.45) is 1.71. The maximum absolute atomic E-state index is 11.2. The molecule has 1 aliphatic heterocycles. The minimum atomic E-state index is -0.207. The Labute approximate surface area is 73.2 Å². The van der Waals surface area contributed by atoms with E-state index in [0.717, 1.165) is 12.8 Å². The zero-order valence-corrected chi connectivity index (χ0v) is 7.25. The minimum absolute atomic E-state index is 0. The number of hydrogen-bond donors (Lipinski definition) is 1. The van der Waals surface area contributed by atoms with Crippen molar-refractivity contribution >= 4 is 11.7 Å². The Kier molecular flexibility index (Phi) is 2.81. The number of carbonyl (C=O) groups is 2. The molecule has 0 saturated carbocycles. The van der Waals surface area contributed by atoms with E-state index in [1.54, 1.807) is 4.90 Å². The van der Waals surface area contributed by atoms with Crippen LogP contribution < -0.4 is 5.73 Å². The van der Waals surface area contributed by atoms with Crippen LogP contribution in [0.2, 0.25) is 0 Å². The van der Waals surface area contributed by atoms with E-state index in [1.165, 1.54) is 6.92 Å². The molecule has 0 aromatic carbocycles. The number of amides is 1. The standard InChI is InChI=1S/C8H14N2O2.H2/c1-6(11)7-3-2-4-10(7)8(12)5-9;/h7H,2-5,9H2,1H3;1H/t7-;/m1./s1. The van der Waals surface area contributed by atoms with Crippen molar-refractivity contribution in [1.29, 1.82) is 0 Å². The van der Waals surface area contributed by atoms with Crippen molar-refractivity contribution in [2.24, 2.45) is 5.73 Å². The van der Waals surface area contributed by atoms with Crippen molar-refractivity contribution < 1.29 is 11.0 Å². The first kappa shape index (κ1) is 9.19. The Balaban J connectivity index is 0.00000144. The smallest absolute Gasteiger partial charge is 0.236 e. The van der Waals surface area contributed by atoms with Gasteiger partial charge in [0.05, 0.1) is 12.6 Å². The fraction of sp³-hybridized carbons (Fsp3) is 0.750. The molecule has 0 aromatic heterocycles. The third-order valence-corrected chi connectivity index (χ3v) is 2.22. The monoisotopic (exact) mass is 172 g/mol. The quantitative estimate of drug-likeness (QED) is 0.626. The molecule has 1 amide bonds. The van der Waals surface area contributed by atoms with Crippen molar-refractivity contribution in [2.45, 2.75) is 25.8 Å². The van der Waals surface area contributed by atoms with Crippen LogP contribution in [0.25, 0.3) is 0 Å². The Morgan fingerprint density at radius 3 is 2.83 bits per heavy atom. The molecule has 0 aliphatic carbocycles. The minimum Gasteiger partial charge on any atom is -0.332 e. The molecule has 1 atom stereocenters. The average molecular weight is 172 g/mol. The maximum Gasteiger partial charge on any atom is 0.236 e. The molecule has 0 spiro atoms. The predicted octanol–water partition coefficient (Wildman–Crippen LogP) is -0.229. The molecule has 1 saturated heterocycles. The van der Waals surface area contributed by atoms with Crippen LogP contribution in [0.5, 0.6) is 0 Å². The number of Topliss-reactive ketones (excluding diaryl/α,β-unsaturated/α-hetero) is 1. The molecule has 2 N–H and O–H groups in total. The normalized spacial score (nSPS) is 22.8. The Morgan fingerprint density at radius 1 is 1.67 bits per heavy atom. The van der Waals surface area contributed by atoms with E-state index < -0.39 is 0 Å². The average Bonchev–Trinajstić information content (AvgIpc) is 2.50. The Bertz CT molecular complexity index is 208. The van der Waals surface area contributed by atoms with Crippen LogP contribution in [0, 0.1) is 0 Å². The zero-order chi connectivity index (χ0) is 9.14. The number of nitrogens with two attached hydrogens (primary N) is 1. The van der Waals surface area contributed by atoms with Crippen molar-refractivity contribution in [2.75, 3.05) is 13.1 Å². The van der Waals surface area contributed by atoms with Gasteiger partial charge in [0.25, 0.3) is 0 Å². The van der Waals surface area contributed by atoms with Gasteiger partial charge in [-0.05, 0) is 19.8 Å². The molecule has 1 fully saturated rings. The van der Waals surface area contributed by atoms with E-state index in [0.29, 0.717) is 6.54 Å². The second-order valence-corrected chi connectivity index (χ2v) is 3.06. The first-order valence-corrected chi connectivity index (χ1v) is 4.17. The summed E-state index contributed by atoms with van der Waals surface area (Å²) < 4.78 is 0. The van der Waals surface area contributed by atoms with Gasteiger partial charge >= 0.3 is 0 Å². The fourth-order valence-electron chi connectivity index (χ4n) is 1.61. The third-order valence-electron chi connectivity index (χ3n) is 2.22. The largest absolute Gasteiger partial charge is 0.332 e. The molecule has 1 rings (SSSR count). The van der Waals surface area contributed by atoms with Crippen LogP contribution in [-0.2, 0) is 9.59 Å². The Hall–Kier alpha value is -0.900. The van der Waals surface area contributed by atoms with Crippen LogP contribution in [-0.4, -0.2) is 35.7 Å². The molecule has 70 valence electrons. The van der Waals surface area contributed by atoms with Crippen molar-refractivity contribution in [3.63, 3.8) is 0 Å². The van der Waals surface area contributed by atoms with Crippen LogP contribution in [0.1, 0.15) is 21.2 Å². The summed E-state index contributed by atoms with van der Waals surface area (Å²) in [6.45, 7) is 2.21. The van der Waals surface area contributed by atoms with Crippen LogP contribution in [0.3, 0.4) is 0 Å². The van der Waals surface area contributed by atoms with Gasteiger partial charge in [-0.25, -0.2) is 0 Å². The highest BCUT2D eigenvalue weighted by atomic mass is 16.2. The molecule has 0 radical (unpaired) electrons. The second-order valence-electron chi connectivity index (χ2n) is 3.06. The summed E-state index contributed by atoms with van der Waals surface area (Å²) in [5, 5.41) is 0. The summed E-state index contributed by atoms with van der Waals surface area (Å²) in [4.78, 5) is 23.8. The summed E-state index contributed by atoms with van der Waals surface area (Å²) >= 11 is 0. The van der Waals surface area contributed by atoms with Gasteiger partial charge in [-0.1, -0.05) is 0 Å². The fourth-order valence-corrected chi connectivity index (χ4v) is 1.61. The lowest BCUT2D eigenvalue weighted by atomic mass is 10.1. The molecule has 0 aromatic rings. The van der Waals surface area contributed by atoms with Crippen LogP contribution >= 0.6 is 0 Å². The van der Waals surface area contributed by atoms with Crippen LogP contribution in [0.4, 0.5) is 0 Å². The van der Waals surface area contributed by atoms with E-state index in [2.05, 4.69) is 0 Å². The van der Waals surface area contributed by atoms with Crippen molar-refractivity contribution in [3.05, 3.63) is 0 Å². The zero-order valence-electron chi connectivity index (χ0n) is 7.25. The van der Waals surface area contributed by atoms with Gasteiger partial charge in [0.15, 0.2) is 5.78 Å². The maximum atomic E-state index is 11.2. The van der Waals surface area contributed by atoms with E-state index in [-0.39, 0.29) is 25.7 Å². The number of rotatable bonds is 2. The lowest BCUT2D eigenvalue weighted by Crippen LogP contribution is -2.42. The topological polar surface area (TPSA) is 63.4 Å². The van der Waals surface area contributed by atoms with Gasteiger partial charge in [0.1, 0.15) is 0 Å². The van der Waals surface area contributed by atoms with Gasteiger partial charge in [-0.15, -0.1) is 0 Å². The highest BCUT2D eigenvalue weighted by Gasteiger charge is 2.30. The third kappa shape index (κ3) is 1.64.